The van der Waals surface area contributed by atoms with Gasteiger partial charge in [-0.1, -0.05) is 23.4 Å². The molecule has 1 amide bonds. The zero-order valence-electron chi connectivity index (χ0n) is 18.3. The molecule has 1 unspecified atom stereocenters. The van der Waals surface area contributed by atoms with E-state index in [1.165, 1.54) is 0 Å². The minimum Gasteiger partial charge on any atom is -0.465 e. The molecule has 0 spiro atoms. The monoisotopic (exact) mass is 430 g/mol. The Kier molecular flexibility index (Phi) is 5.45. The van der Waals surface area contributed by atoms with Crippen LogP contribution in [0.1, 0.15) is 46.6 Å². The van der Waals surface area contributed by atoms with Crippen LogP contribution >= 0.6 is 0 Å². The summed E-state index contributed by atoms with van der Waals surface area (Å²) in [6.45, 7) is 6.25. The maximum absolute atomic E-state index is 13.0. The molecule has 1 atom stereocenters. The van der Waals surface area contributed by atoms with E-state index in [0.717, 1.165) is 54.0 Å². The van der Waals surface area contributed by atoms with Gasteiger partial charge in [0.25, 0.3) is 5.91 Å². The molecule has 1 aromatic carbocycles. The molecule has 4 aromatic rings. The predicted octanol–water partition coefficient (Wildman–Crippen LogP) is 3.59. The third-order valence-electron chi connectivity index (χ3n) is 6.08. The molecule has 0 bridgehead atoms. The van der Waals surface area contributed by atoms with Crippen LogP contribution < -0.4 is 5.32 Å². The van der Waals surface area contributed by atoms with Gasteiger partial charge in [0.05, 0.1) is 22.9 Å². The fourth-order valence-electron chi connectivity index (χ4n) is 4.40. The molecule has 1 aliphatic rings. The van der Waals surface area contributed by atoms with E-state index >= 15 is 0 Å². The van der Waals surface area contributed by atoms with Crippen LogP contribution in [0.5, 0.6) is 0 Å². The van der Waals surface area contributed by atoms with Crippen molar-refractivity contribution in [1.82, 2.24) is 30.2 Å². The number of carbonyl (C=O) groups excluding carboxylic acids is 1. The Morgan fingerprint density at radius 1 is 1.12 bits per heavy atom. The van der Waals surface area contributed by atoms with Gasteiger partial charge in [0.2, 0.25) is 0 Å². The number of fused-ring (bicyclic) bond motifs is 1. The van der Waals surface area contributed by atoms with Gasteiger partial charge in [-0.25, -0.2) is 4.68 Å². The van der Waals surface area contributed by atoms with E-state index in [2.05, 4.69) is 25.5 Å². The van der Waals surface area contributed by atoms with Crippen molar-refractivity contribution in [3.8, 4) is 5.69 Å². The highest BCUT2D eigenvalue weighted by Crippen LogP contribution is 2.26. The van der Waals surface area contributed by atoms with E-state index in [4.69, 9.17) is 4.42 Å². The van der Waals surface area contributed by atoms with E-state index in [0.29, 0.717) is 17.9 Å². The lowest BCUT2D eigenvalue weighted by Gasteiger charge is -2.25. The van der Waals surface area contributed by atoms with E-state index in [-0.39, 0.29) is 11.9 Å². The van der Waals surface area contributed by atoms with Crippen molar-refractivity contribution in [2.75, 3.05) is 19.6 Å². The zero-order chi connectivity index (χ0) is 22.1. The summed E-state index contributed by atoms with van der Waals surface area (Å²) in [5.74, 6) is 1.51. The number of likely N-dealkylation sites (tertiary alicyclic amines) is 1. The van der Waals surface area contributed by atoms with Crippen molar-refractivity contribution in [1.29, 1.82) is 0 Å². The number of nitrogens with zero attached hydrogens (tertiary/aromatic N) is 5. The van der Waals surface area contributed by atoms with Crippen LogP contribution in [0.25, 0.3) is 16.6 Å². The van der Waals surface area contributed by atoms with E-state index in [1.807, 2.05) is 56.3 Å². The number of hydrogen-bond donors (Lipinski definition) is 1. The molecule has 1 N–H and O–H groups in total. The van der Waals surface area contributed by atoms with Crippen molar-refractivity contribution < 1.29 is 9.21 Å². The summed E-state index contributed by atoms with van der Waals surface area (Å²) in [6.07, 6.45) is 4.08. The number of aromatic nitrogens is 4. The van der Waals surface area contributed by atoms with Crippen LogP contribution in [0.2, 0.25) is 0 Å². The lowest BCUT2D eigenvalue weighted by molar-refractivity contribution is 0.0928. The van der Waals surface area contributed by atoms with E-state index in [9.17, 15) is 4.79 Å². The van der Waals surface area contributed by atoms with Crippen molar-refractivity contribution in [2.24, 2.45) is 0 Å². The number of amides is 1. The lowest BCUT2D eigenvalue weighted by Crippen LogP contribution is -2.37. The first-order valence-corrected chi connectivity index (χ1v) is 11.0. The van der Waals surface area contributed by atoms with Gasteiger partial charge in [0.15, 0.2) is 5.69 Å². The first-order valence-electron chi connectivity index (χ1n) is 11.0. The highest BCUT2D eigenvalue weighted by molar-refractivity contribution is 5.93. The summed E-state index contributed by atoms with van der Waals surface area (Å²) in [5, 5.41) is 12.5. The summed E-state index contributed by atoms with van der Waals surface area (Å²) >= 11 is 0. The second-order valence-electron chi connectivity index (χ2n) is 8.20. The fraction of sp³-hybridized carbons (Fsp3) is 0.333. The molecule has 0 saturated carbocycles. The molecule has 1 aliphatic heterocycles. The first-order chi connectivity index (χ1) is 15.6. The van der Waals surface area contributed by atoms with Gasteiger partial charge in [-0.05, 0) is 64.0 Å². The molecule has 1 fully saturated rings. The van der Waals surface area contributed by atoms with Gasteiger partial charge in [-0.3, -0.25) is 14.7 Å². The highest BCUT2D eigenvalue weighted by atomic mass is 16.3. The Hall–Kier alpha value is -3.52. The maximum atomic E-state index is 13.0. The normalized spacial score (nSPS) is 15.3. The average molecular weight is 431 g/mol. The van der Waals surface area contributed by atoms with Crippen molar-refractivity contribution >= 4 is 16.8 Å². The molecule has 8 heteroatoms. The molecular formula is C24H26N6O2. The average Bonchev–Trinajstić information content (AvgIpc) is 3.56. The van der Waals surface area contributed by atoms with Gasteiger partial charge < -0.3 is 9.73 Å². The summed E-state index contributed by atoms with van der Waals surface area (Å²) in [5.41, 5.74) is 2.60. The van der Waals surface area contributed by atoms with Crippen molar-refractivity contribution in [3.63, 3.8) is 0 Å². The van der Waals surface area contributed by atoms with Crippen LogP contribution in [0.3, 0.4) is 0 Å². The fourth-order valence-corrected chi connectivity index (χ4v) is 4.40. The summed E-state index contributed by atoms with van der Waals surface area (Å²) < 4.78 is 7.57. The number of nitrogens with one attached hydrogen (secondary N) is 1. The number of rotatable bonds is 6. The topological polar surface area (TPSA) is 89.1 Å². The van der Waals surface area contributed by atoms with Crippen LogP contribution in [-0.4, -0.2) is 50.4 Å². The largest absolute Gasteiger partial charge is 0.465 e. The van der Waals surface area contributed by atoms with Gasteiger partial charge in [-0.15, -0.1) is 5.10 Å². The smallest absolute Gasteiger partial charge is 0.273 e. The minimum atomic E-state index is -0.241. The molecule has 32 heavy (non-hydrogen) atoms. The molecular weight excluding hydrogens is 404 g/mol. The molecule has 3 aromatic heterocycles. The van der Waals surface area contributed by atoms with E-state index in [1.54, 1.807) is 10.9 Å². The molecule has 8 nitrogen and oxygen atoms in total. The van der Waals surface area contributed by atoms with Gasteiger partial charge >= 0.3 is 0 Å². The first kappa shape index (κ1) is 20.4. The van der Waals surface area contributed by atoms with Gasteiger partial charge in [0, 0.05) is 18.1 Å². The number of pyridine rings is 1. The van der Waals surface area contributed by atoms with Crippen LogP contribution in [0, 0.1) is 13.8 Å². The van der Waals surface area contributed by atoms with Crippen LogP contribution in [-0.2, 0) is 0 Å². The standard InChI is InChI=1S/C24H26N6O2/c1-16-10-11-21(32-16)20(29-13-3-4-14-29)15-26-24(31)22-17(2)30(28-27-22)19-9-5-7-18-8-6-12-25-23(18)19/h5-12,20H,3-4,13-15H2,1-2H3,(H,26,31). The third-order valence-corrected chi connectivity index (χ3v) is 6.08. The van der Waals surface area contributed by atoms with Crippen LogP contribution in [0.4, 0.5) is 0 Å². The zero-order valence-corrected chi connectivity index (χ0v) is 18.3. The SMILES string of the molecule is Cc1ccc(C(CNC(=O)c2nnn(-c3cccc4cccnc34)c2C)N2CCCC2)o1. The summed E-state index contributed by atoms with van der Waals surface area (Å²) in [4.78, 5) is 19.9. The second-order valence-corrected chi connectivity index (χ2v) is 8.20. The molecule has 164 valence electrons. The van der Waals surface area contributed by atoms with Crippen LogP contribution in [0.15, 0.2) is 53.1 Å². The third kappa shape index (κ3) is 3.78. The maximum Gasteiger partial charge on any atom is 0.273 e. The number of para-hydroxylation sites is 1. The number of hydrogen-bond acceptors (Lipinski definition) is 6. The Labute approximate surface area is 186 Å². The number of aryl methyl sites for hydroxylation is 1. The quantitative estimate of drug-likeness (QED) is 0.503. The van der Waals surface area contributed by atoms with Gasteiger partial charge in [-0.2, -0.15) is 0 Å². The number of carbonyl (C=O) groups is 1. The minimum absolute atomic E-state index is 0.00719. The molecule has 0 radical (unpaired) electrons. The molecule has 0 aliphatic carbocycles. The summed E-state index contributed by atoms with van der Waals surface area (Å²) in [6, 6.07) is 13.8. The van der Waals surface area contributed by atoms with Crippen molar-refractivity contribution in [2.45, 2.75) is 32.7 Å². The van der Waals surface area contributed by atoms with Crippen molar-refractivity contribution in [3.05, 3.63) is 71.6 Å². The number of benzene rings is 1. The summed E-state index contributed by atoms with van der Waals surface area (Å²) in [7, 11) is 0. The van der Waals surface area contributed by atoms with Gasteiger partial charge in [0.1, 0.15) is 11.5 Å². The Morgan fingerprint density at radius 2 is 1.94 bits per heavy atom. The number of furan rings is 1. The lowest BCUT2D eigenvalue weighted by atomic mass is 10.2. The Morgan fingerprint density at radius 3 is 2.72 bits per heavy atom. The molecule has 1 saturated heterocycles. The highest BCUT2D eigenvalue weighted by Gasteiger charge is 2.27. The Balaban J connectivity index is 1.37. The molecule has 5 rings (SSSR count). The predicted molar refractivity (Wildman–Crippen MR) is 121 cm³/mol. The molecule has 4 heterocycles. The second kappa shape index (κ2) is 8.55. The Bertz CT molecular complexity index is 1250. The van der Waals surface area contributed by atoms with E-state index < -0.39 is 0 Å².